The van der Waals surface area contributed by atoms with Crippen molar-refractivity contribution in [2.75, 3.05) is 6.54 Å². The first-order chi connectivity index (χ1) is 9.44. The zero-order chi connectivity index (χ0) is 15.0. The van der Waals surface area contributed by atoms with E-state index in [1.807, 2.05) is 0 Å². The van der Waals surface area contributed by atoms with Gasteiger partial charge in [0.1, 0.15) is 0 Å². The van der Waals surface area contributed by atoms with E-state index in [1.165, 1.54) is 37.8 Å². The summed E-state index contributed by atoms with van der Waals surface area (Å²) in [6.45, 7) is 8.45. The third-order valence-electron chi connectivity index (χ3n) is 3.62. The van der Waals surface area contributed by atoms with E-state index in [0.717, 1.165) is 18.7 Å². The minimum absolute atomic E-state index is 0.0913. The number of alkyl halides is 2. The summed E-state index contributed by atoms with van der Waals surface area (Å²) in [6, 6.07) is 6.57. The van der Waals surface area contributed by atoms with Crippen molar-refractivity contribution in [3.63, 3.8) is 0 Å². The molecule has 0 heterocycles. The molecule has 0 saturated heterocycles. The molecule has 3 heteroatoms. The van der Waals surface area contributed by atoms with Gasteiger partial charge in [0.15, 0.2) is 0 Å². The van der Waals surface area contributed by atoms with E-state index in [4.69, 9.17) is 0 Å². The Morgan fingerprint density at radius 1 is 1.10 bits per heavy atom. The molecule has 1 nitrogen and oxygen atoms in total. The van der Waals surface area contributed by atoms with Crippen molar-refractivity contribution in [1.82, 2.24) is 5.32 Å². The molecule has 0 aliphatic heterocycles. The van der Waals surface area contributed by atoms with E-state index >= 15 is 0 Å². The van der Waals surface area contributed by atoms with Gasteiger partial charge in [-0.15, -0.1) is 0 Å². The lowest BCUT2D eigenvalue weighted by Gasteiger charge is -2.25. The summed E-state index contributed by atoms with van der Waals surface area (Å²) in [7, 11) is 0. The first-order valence-corrected chi connectivity index (χ1v) is 7.52. The van der Waals surface area contributed by atoms with Gasteiger partial charge in [0, 0.05) is 18.7 Å². The van der Waals surface area contributed by atoms with Crippen LogP contribution in [0, 0.1) is 5.41 Å². The van der Waals surface area contributed by atoms with Crippen LogP contribution < -0.4 is 5.32 Å². The lowest BCUT2D eigenvalue weighted by Crippen LogP contribution is -2.29. The second-order valence-electron chi connectivity index (χ2n) is 6.27. The maximum atomic E-state index is 12.4. The van der Waals surface area contributed by atoms with Gasteiger partial charge in [0.25, 0.3) is 6.43 Å². The van der Waals surface area contributed by atoms with Gasteiger partial charge in [-0.2, -0.15) is 0 Å². The first kappa shape index (κ1) is 17.1. The Morgan fingerprint density at radius 2 is 1.75 bits per heavy atom. The van der Waals surface area contributed by atoms with Crippen LogP contribution in [0.15, 0.2) is 24.3 Å². The van der Waals surface area contributed by atoms with Crippen LogP contribution in [-0.4, -0.2) is 6.54 Å². The lowest BCUT2D eigenvalue weighted by atomic mass is 9.87. The Balaban J connectivity index is 2.32. The summed E-state index contributed by atoms with van der Waals surface area (Å²) >= 11 is 0. The molecular formula is C17H27F2N. The van der Waals surface area contributed by atoms with Gasteiger partial charge in [-0.05, 0) is 17.4 Å². The van der Waals surface area contributed by atoms with Crippen molar-refractivity contribution < 1.29 is 8.78 Å². The highest BCUT2D eigenvalue weighted by Crippen LogP contribution is 2.23. The van der Waals surface area contributed by atoms with Gasteiger partial charge < -0.3 is 5.32 Å². The predicted molar refractivity (Wildman–Crippen MR) is 81.0 cm³/mol. The van der Waals surface area contributed by atoms with Gasteiger partial charge in [0.05, 0.1) is 0 Å². The third kappa shape index (κ3) is 6.47. The number of hydrogen-bond donors (Lipinski definition) is 1. The van der Waals surface area contributed by atoms with E-state index in [-0.39, 0.29) is 11.0 Å². The summed E-state index contributed by atoms with van der Waals surface area (Å²) in [5, 5.41) is 3.43. The van der Waals surface area contributed by atoms with Crippen LogP contribution in [0.1, 0.15) is 64.0 Å². The summed E-state index contributed by atoms with van der Waals surface area (Å²) in [4.78, 5) is 0. The standard InChI is InChI=1S/C17H27F2N/c1-4-5-6-11-17(2,3)13-20-12-14-7-9-15(10-8-14)16(18)19/h7-10,16,20H,4-6,11-13H2,1-3H3. The molecule has 0 aromatic heterocycles. The number of halogens is 2. The molecule has 0 aliphatic rings. The molecule has 0 radical (unpaired) electrons. The number of hydrogen-bond acceptors (Lipinski definition) is 1. The molecule has 0 unspecified atom stereocenters. The fraction of sp³-hybridized carbons (Fsp3) is 0.647. The molecule has 0 amide bonds. The van der Waals surface area contributed by atoms with Gasteiger partial charge in [0.2, 0.25) is 0 Å². The summed E-state index contributed by atoms with van der Waals surface area (Å²) < 4.78 is 24.9. The molecule has 20 heavy (non-hydrogen) atoms. The highest BCUT2D eigenvalue weighted by molar-refractivity contribution is 5.23. The van der Waals surface area contributed by atoms with Crippen molar-refractivity contribution in [3.05, 3.63) is 35.4 Å². The Kier molecular flexibility index (Phi) is 7.14. The maximum absolute atomic E-state index is 12.4. The van der Waals surface area contributed by atoms with Crippen LogP contribution in [0.2, 0.25) is 0 Å². The SMILES string of the molecule is CCCCCC(C)(C)CNCc1ccc(C(F)F)cc1. The van der Waals surface area contributed by atoms with E-state index in [9.17, 15) is 8.78 Å². The Bertz CT molecular complexity index is 371. The number of nitrogens with one attached hydrogen (secondary N) is 1. The van der Waals surface area contributed by atoms with Crippen molar-refractivity contribution in [2.24, 2.45) is 5.41 Å². The minimum atomic E-state index is -2.38. The Labute approximate surface area is 121 Å². The smallest absolute Gasteiger partial charge is 0.263 e. The largest absolute Gasteiger partial charge is 0.312 e. The van der Waals surface area contributed by atoms with Crippen LogP contribution in [0.3, 0.4) is 0 Å². The molecular weight excluding hydrogens is 256 g/mol. The van der Waals surface area contributed by atoms with Crippen LogP contribution in [-0.2, 0) is 6.54 Å². The summed E-state index contributed by atoms with van der Waals surface area (Å²) in [5.74, 6) is 0. The molecule has 0 fully saturated rings. The molecule has 0 atom stereocenters. The fourth-order valence-corrected chi connectivity index (χ4v) is 2.27. The van der Waals surface area contributed by atoms with E-state index in [0.29, 0.717) is 0 Å². The monoisotopic (exact) mass is 283 g/mol. The minimum Gasteiger partial charge on any atom is -0.312 e. The zero-order valence-corrected chi connectivity index (χ0v) is 12.9. The molecule has 0 bridgehead atoms. The summed E-state index contributed by atoms with van der Waals surface area (Å²) in [6.07, 6.45) is 2.65. The molecule has 0 aliphatic carbocycles. The Morgan fingerprint density at radius 3 is 2.30 bits per heavy atom. The molecule has 1 aromatic carbocycles. The molecule has 0 saturated carbocycles. The second-order valence-corrected chi connectivity index (χ2v) is 6.27. The number of benzene rings is 1. The van der Waals surface area contributed by atoms with Crippen LogP contribution in [0.4, 0.5) is 8.78 Å². The normalized spacial score (nSPS) is 12.1. The van der Waals surface area contributed by atoms with E-state index in [1.54, 1.807) is 12.1 Å². The molecule has 1 N–H and O–H groups in total. The van der Waals surface area contributed by atoms with Gasteiger partial charge in [-0.25, -0.2) is 8.78 Å². The fourth-order valence-electron chi connectivity index (χ4n) is 2.27. The molecule has 0 spiro atoms. The van der Waals surface area contributed by atoms with Gasteiger partial charge in [-0.3, -0.25) is 0 Å². The average Bonchev–Trinajstić information content (AvgIpc) is 2.39. The quantitative estimate of drug-likeness (QED) is 0.605. The average molecular weight is 283 g/mol. The summed E-state index contributed by atoms with van der Waals surface area (Å²) in [5.41, 5.74) is 1.44. The van der Waals surface area contributed by atoms with Crippen molar-refractivity contribution in [2.45, 2.75) is 59.4 Å². The zero-order valence-electron chi connectivity index (χ0n) is 12.9. The third-order valence-corrected chi connectivity index (χ3v) is 3.62. The first-order valence-electron chi connectivity index (χ1n) is 7.52. The highest BCUT2D eigenvalue weighted by atomic mass is 19.3. The van der Waals surface area contributed by atoms with Crippen molar-refractivity contribution in [1.29, 1.82) is 0 Å². The molecule has 1 rings (SSSR count). The predicted octanol–water partition coefficient (Wildman–Crippen LogP) is 5.32. The van der Waals surface area contributed by atoms with Crippen LogP contribution in [0.25, 0.3) is 0 Å². The number of rotatable bonds is 9. The molecule has 1 aromatic rings. The van der Waals surface area contributed by atoms with Crippen LogP contribution in [0.5, 0.6) is 0 Å². The Hall–Kier alpha value is -0.960. The number of unbranched alkanes of at least 4 members (excludes halogenated alkanes) is 2. The second kappa shape index (κ2) is 8.35. The highest BCUT2D eigenvalue weighted by Gasteiger charge is 2.16. The molecule has 114 valence electrons. The van der Waals surface area contributed by atoms with E-state index < -0.39 is 6.43 Å². The van der Waals surface area contributed by atoms with Crippen LogP contribution >= 0.6 is 0 Å². The van der Waals surface area contributed by atoms with Gasteiger partial charge in [-0.1, -0.05) is 64.3 Å². The van der Waals surface area contributed by atoms with Gasteiger partial charge >= 0.3 is 0 Å². The maximum Gasteiger partial charge on any atom is 0.263 e. The van der Waals surface area contributed by atoms with Crippen molar-refractivity contribution in [3.8, 4) is 0 Å². The lowest BCUT2D eigenvalue weighted by molar-refractivity contribution is 0.151. The topological polar surface area (TPSA) is 12.0 Å². The van der Waals surface area contributed by atoms with E-state index in [2.05, 4.69) is 26.1 Å². The van der Waals surface area contributed by atoms with Crippen molar-refractivity contribution >= 4 is 0 Å².